The minimum atomic E-state index is -1.25. The standard InChI is InChI=1S/C13H22N2O4/c1-12(2,3)8-13(4,5)15-11(19)14-9(16)6-7-10(17)18/h6-7H,8H2,1-5H3,(H,17,18)(H2,14,15,16,19). The van der Waals surface area contributed by atoms with Crippen LogP contribution in [-0.2, 0) is 9.59 Å². The molecule has 6 heteroatoms. The summed E-state index contributed by atoms with van der Waals surface area (Å²) < 4.78 is 0. The van der Waals surface area contributed by atoms with Gasteiger partial charge in [0.15, 0.2) is 0 Å². The van der Waals surface area contributed by atoms with Crippen molar-refractivity contribution in [2.45, 2.75) is 46.6 Å². The number of imide groups is 1. The minimum absolute atomic E-state index is 0.0317. The molecule has 3 N–H and O–H groups in total. The third-order valence-electron chi connectivity index (χ3n) is 2.04. The van der Waals surface area contributed by atoms with Crippen molar-refractivity contribution in [2.24, 2.45) is 5.41 Å². The predicted molar refractivity (Wildman–Crippen MR) is 71.6 cm³/mol. The number of carboxylic acid groups (broad SMARTS) is 1. The van der Waals surface area contributed by atoms with Crippen molar-refractivity contribution in [1.29, 1.82) is 0 Å². The largest absolute Gasteiger partial charge is 0.478 e. The maximum atomic E-state index is 11.6. The molecule has 108 valence electrons. The molecule has 0 saturated heterocycles. The van der Waals surface area contributed by atoms with E-state index in [9.17, 15) is 14.4 Å². The van der Waals surface area contributed by atoms with Crippen molar-refractivity contribution < 1.29 is 19.5 Å². The summed E-state index contributed by atoms with van der Waals surface area (Å²) in [7, 11) is 0. The number of carboxylic acids is 1. The highest BCUT2D eigenvalue weighted by atomic mass is 16.4. The fraction of sp³-hybridized carbons (Fsp3) is 0.615. The molecule has 0 aromatic carbocycles. The van der Waals surface area contributed by atoms with Gasteiger partial charge in [-0.05, 0) is 25.7 Å². The Labute approximate surface area is 113 Å². The Morgan fingerprint density at radius 3 is 2.00 bits per heavy atom. The van der Waals surface area contributed by atoms with Gasteiger partial charge in [0.2, 0.25) is 0 Å². The Hall–Kier alpha value is -1.85. The van der Waals surface area contributed by atoms with Gasteiger partial charge in [-0.1, -0.05) is 20.8 Å². The number of aliphatic carboxylic acids is 1. The number of hydrogen-bond donors (Lipinski definition) is 3. The molecule has 6 nitrogen and oxygen atoms in total. The molecule has 0 aromatic rings. The first-order chi connectivity index (χ1) is 8.41. The van der Waals surface area contributed by atoms with Gasteiger partial charge in [-0.25, -0.2) is 9.59 Å². The van der Waals surface area contributed by atoms with E-state index < -0.39 is 23.4 Å². The molecule has 0 aliphatic rings. The molecule has 0 radical (unpaired) electrons. The lowest BCUT2D eigenvalue weighted by Gasteiger charge is -2.33. The van der Waals surface area contributed by atoms with Crippen LogP contribution in [0.2, 0.25) is 0 Å². The second-order valence-electron chi connectivity index (χ2n) is 6.24. The Balaban J connectivity index is 4.38. The van der Waals surface area contributed by atoms with Crippen molar-refractivity contribution >= 4 is 17.9 Å². The SMILES string of the molecule is CC(C)(C)CC(C)(C)NC(=O)NC(=O)C=CC(=O)O. The average molecular weight is 270 g/mol. The first kappa shape index (κ1) is 17.2. The first-order valence-electron chi connectivity index (χ1n) is 5.95. The zero-order chi connectivity index (χ0) is 15.3. The smallest absolute Gasteiger partial charge is 0.328 e. The summed E-state index contributed by atoms with van der Waals surface area (Å²) in [6, 6.07) is -0.644. The van der Waals surface area contributed by atoms with Gasteiger partial charge in [-0.15, -0.1) is 0 Å². The van der Waals surface area contributed by atoms with Crippen molar-refractivity contribution in [3.05, 3.63) is 12.2 Å². The summed E-state index contributed by atoms with van der Waals surface area (Å²) in [5, 5.41) is 13.1. The fourth-order valence-electron chi connectivity index (χ4n) is 2.01. The van der Waals surface area contributed by atoms with E-state index >= 15 is 0 Å². The summed E-state index contributed by atoms with van der Waals surface area (Å²) >= 11 is 0. The number of amides is 3. The van der Waals surface area contributed by atoms with Crippen LogP contribution in [0.4, 0.5) is 4.79 Å². The van der Waals surface area contributed by atoms with E-state index in [0.29, 0.717) is 6.08 Å². The van der Waals surface area contributed by atoms with Crippen LogP contribution in [0.5, 0.6) is 0 Å². The normalized spacial score (nSPS) is 12.3. The van der Waals surface area contributed by atoms with E-state index in [1.807, 2.05) is 19.2 Å². The molecule has 0 spiro atoms. The van der Waals surface area contributed by atoms with E-state index in [-0.39, 0.29) is 5.41 Å². The predicted octanol–water partition coefficient (Wildman–Crippen LogP) is 1.67. The van der Waals surface area contributed by atoms with E-state index in [1.54, 1.807) is 0 Å². The molecule has 0 rings (SSSR count). The van der Waals surface area contributed by atoms with Gasteiger partial charge in [0.25, 0.3) is 5.91 Å². The van der Waals surface area contributed by atoms with Crippen LogP contribution in [0.15, 0.2) is 12.2 Å². The van der Waals surface area contributed by atoms with Crippen LogP contribution in [0.1, 0.15) is 41.0 Å². The molecular weight excluding hydrogens is 248 g/mol. The lowest BCUT2D eigenvalue weighted by Crippen LogP contribution is -2.51. The Morgan fingerprint density at radius 1 is 1.05 bits per heavy atom. The molecular formula is C13H22N2O4. The number of carbonyl (C=O) groups is 3. The highest BCUT2D eigenvalue weighted by molar-refractivity contribution is 6.02. The van der Waals surface area contributed by atoms with E-state index in [2.05, 4.69) is 26.1 Å². The van der Waals surface area contributed by atoms with Crippen LogP contribution in [0.3, 0.4) is 0 Å². The van der Waals surface area contributed by atoms with Gasteiger partial charge in [0, 0.05) is 17.7 Å². The van der Waals surface area contributed by atoms with Gasteiger partial charge in [-0.3, -0.25) is 10.1 Å². The number of carbonyl (C=O) groups excluding carboxylic acids is 2. The molecule has 19 heavy (non-hydrogen) atoms. The molecule has 0 fully saturated rings. The lowest BCUT2D eigenvalue weighted by atomic mass is 9.82. The second kappa shape index (κ2) is 6.36. The second-order valence-corrected chi connectivity index (χ2v) is 6.24. The summed E-state index contributed by atoms with van der Waals surface area (Å²) in [5.74, 6) is -2.02. The Morgan fingerprint density at radius 2 is 1.58 bits per heavy atom. The van der Waals surface area contributed by atoms with Gasteiger partial charge >= 0.3 is 12.0 Å². The molecule has 0 atom stereocenters. The Bertz CT molecular complexity index is 392. The molecule has 3 amide bonds. The summed E-state index contributed by atoms with van der Waals surface area (Å²) in [6.45, 7) is 9.87. The lowest BCUT2D eigenvalue weighted by molar-refractivity contribution is -0.131. The van der Waals surface area contributed by atoms with Gasteiger partial charge < -0.3 is 10.4 Å². The molecule has 0 heterocycles. The molecule has 0 aliphatic heterocycles. The van der Waals surface area contributed by atoms with Gasteiger partial charge in [0.1, 0.15) is 0 Å². The first-order valence-corrected chi connectivity index (χ1v) is 5.95. The van der Waals surface area contributed by atoms with Crippen molar-refractivity contribution in [3.63, 3.8) is 0 Å². The summed E-state index contributed by atoms with van der Waals surface area (Å²) in [6.07, 6.45) is 2.19. The van der Waals surface area contributed by atoms with Crippen LogP contribution in [0.25, 0.3) is 0 Å². The molecule has 0 aromatic heterocycles. The number of hydrogen-bond acceptors (Lipinski definition) is 3. The highest BCUT2D eigenvalue weighted by Crippen LogP contribution is 2.26. The minimum Gasteiger partial charge on any atom is -0.478 e. The topological polar surface area (TPSA) is 95.5 Å². The number of rotatable bonds is 4. The third-order valence-corrected chi connectivity index (χ3v) is 2.04. The number of urea groups is 1. The maximum Gasteiger partial charge on any atom is 0.328 e. The van der Waals surface area contributed by atoms with E-state index in [4.69, 9.17) is 5.11 Å². The summed E-state index contributed by atoms with van der Waals surface area (Å²) in [4.78, 5) is 33.0. The molecule has 0 saturated carbocycles. The summed E-state index contributed by atoms with van der Waals surface area (Å²) in [5.41, 5.74) is -0.441. The van der Waals surface area contributed by atoms with Crippen LogP contribution in [0, 0.1) is 5.41 Å². The van der Waals surface area contributed by atoms with E-state index in [0.717, 1.165) is 12.5 Å². The van der Waals surface area contributed by atoms with Gasteiger partial charge in [0.05, 0.1) is 0 Å². The van der Waals surface area contributed by atoms with Crippen LogP contribution in [-0.4, -0.2) is 28.6 Å². The van der Waals surface area contributed by atoms with Crippen molar-refractivity contribution in [3.8, 4) is 0 Å². The molecule has 0 unspecified atom stereocenters. The van der Waals surface area contributed by atoms with Crippen LogP contribution >= 0.6 is 0 Å². The van der Waals surface area contributed by atoms with Crippen molar-refractivity contribution in [1.82, 2.24) is 10.6 Å². The Kier molecular flexibility index (Phi) is 5.74. The van der Waals surface area contributed by atoms with E-state index in [1.165, 1.54) is 0 Å². The zero-order valence-corrected chi connectivity index (χ0v) is 12.0. The molecule has 0 bridgehead atoms. The quantitative estimate of drug-likeness (QED) is 0.677. The van der Waals surface area contributed by atoms with Crippen LogP contribution < -0.4 is 10.6 Å². The van der Waals surface area contributed by atoms with Gasteiger partial charge in [-0.2, -0.15) is 0 Å². The third kappa shape index (κ3) is 9.82. The number of nitrogens with one attached hydrogen (secondary N) is 2. The zero-order valence-electron chi connectivity index (χ0n) is 12.0. The molecule has 0 aliphatic carbocycles. The van der Waals surface area contributed by atoms with Crippen molar-refractivity contribution in [2.75, 3.05) is 0 Å². The fourth-order valence-corrected chi connectivity index (χ4v) is 2.01. The average Bonchev–Trinajstić information content (AvgIpc) is 2.08. The highest BCUT2D eigenvalue weighted by Gasteiger charge is 2.27. The maximum absolute atomic E-state index is 11.6. The monoisotopic (exact) mass is 270 g/mol.